The Kier molecular flexibility index (Phi) is 5.23. The number of ketones is 1. The molecule has 5 heteroatoms. The van der Waals surface area contributed by atoms with Crippen molar-refractivity contribution in [1.82, 2.24) is 5.32 Å². The summed E-state index contributed by atoms with van der Waals surface area (Å²) in [6.07, 6.45) is 2.56. The van der Waals surface area contributed by atoms with Gasteiger partial charge in [0.15, 0.2) is 0 Å². The number of hydrogen-bond acceptors (Lipinski definition) is 3. The van der Waals surface area contributed by atoms with Crippen LogP contribution in [0.5, 0.6) is 0 Å². The molecule has 0 heterocycles. The van der Waals surface area contributed by atoms with Crippen LogP contribution in [0.2, 0.25) is 5.02 Å². The fourth-order valence-corrected chi connectivity index (χ4v) is 3.23. The largest absolute Gasteiger partial charge is 0.450 e. The third-order valence-corrected chi connectivity index (χ3v) is 4.32. The minimum absolute atomic E-state index is 0.138. The molecule has 1 saturated carbocycles. The molecule has 1 amide bonds. The molecule has 2 rings (SSSR count). The number of benzene rings is 1. The van der Waals surface area contributed by atoms with Crippen molar-refractivity contribution in [2.45, 2.75) is 38.0 Å². The van der Waals surface area contributed by atoms with Crippen molar-refractivity contribution in [3.05, 3.63) is 34.9 Å². The van der Waals surface area contributed by atoms with Gasteiger partial charge in [-0.3, -0.25) is 4.79 Å². The van der Waals surface area contributed by atoms with Crippen LogP contribution in [0.1, 0.15) is 38.2 Å². The molecule has 0 aliphatic heterocycles. The molecule has 1 N–H and O–H groups in total. The predicted octanol–water partition coefficient (Wildman–Crippen LogP) is 3.47. The molecule has 0 saturated heterocycles. The maximum atomic E-state index is 12.6. The van der Waals surface area contributed by atoms with Crippen molar-refractivity contribution in [3.63, 3.8) is 0 Å². The molecule has 0 bridgehead atoms. The molecule has 1 aliphatic rings. The average molecular weight is 310 g/mol. The van der Waals surface area contributed by atoms with Crippen LogP contribution in [0.4, 0.5) is 4.79 Å². The molecule has 1 fully saturated rings. The first-order chi connectivity index (χ1) is 10.1. The molecule has 114 valence electrons. The smallest absolute Gasteiger partial charge is 0.407 e. The highest BCUT2D eigenvalue weighted by Crippen LogP contribution is 2.39. The summed E-state index contributed by atoms with van der Waals surface area (Å²) < 4.78 is 4.88. The lowest BCUT2D eigenvalue weighted by Crippen LogP contribution is -2.48. The number of ether oxygens (including phenoxy) is 1. The van der Waals surface area contributed by atoms with Crippen molar-refractivity contribution in [3.8, 4) is 0 Å². The van der Waals surface area contributed by atoms with Gasteiger partial charge in [0.2, 0.25) is 0 Å². The van der Waals surface area contributed by atoms with E-state index in [4.69, 9.17) is 16.3 Å². The second kappa shape index (κ2) is 6.94. The quantitative estimate of drug-likeness (QED) is 0.926. The Morgan fingerprint density at radius 2 is 2.14 bits per heavy atom. The number of carbonyl (C=O) groups excluding carboxylic acids is 2. The van der Waals surface area contributed by atoms with E-state index in [0.29, 0.717) is 24.5 Å². The number of Topliss-reactive ketones (excluding diaryl/α,β-unsaturated/α-hetero) is 1. The van der Waals surface area contributed by atoms with Crippen molar-refractivity contribution in [1.29, 1.82) is 0 Å². The number of rotatable bonds is 4. The lowest BCUT2D eigenvalue weighted by molar-refractivity contribution is -0.126. The maximum Gasteiger partial charge on any atom is 0.407 e. The van der Waals surface area contributed by atoms with Gasteiger partial charge in [0.1, 0.15) is 5.78 Å². The fourth-order valence-electron chi connectivity index (χ4n) is 2.91. The van der Waals surface area contributed by atoms with E-state index in [1.807, 2.05) is 18.2 Å². The molecule has 0 spiro atoms. The zero-order chi connectivity index (χ0) is 15.3. The zero-order valence-corrected chi connectivity index (χ0v) is 12.9. The Morgan fingerprint density at radius 3 is 2.81 bits per heavy atom. The number of hydrogen-bond donors (Lipinski definition) is 1. The van der Waals surface area contributed by atoms with Gasteiger partial charge in [0, 0.05) is 18.0 Å². The summed E-state index contributed by atoms with van der Waals surface area (Å²) in [5.41, 5.74) is 0.0664. The first kappa shape index (κ1) is 15.8. The van der Waals surface area contributed by atoms with E-state index < -0.39 is 11.5 Å². The topological polar surface area (TPSA) is 55.4 Å². The standard InChI is InChI=1S/C16H20ClNO3/c1-2-21-15(20)18-11-16(10-6-5-9-14(16)19)12-7-3-4-8-13(12)17/h3-4,7-8H,2,5-6,9-11H2,1H3,(H,18,20)/t16-/m0/s1. The highest BCUT2D eigenvalue weighted by molar-refractivity contribution is 6.31. The summed E-state index contributed by atoms with van der Waals surface area (Å²) in [4.78, 5) is 24.2. The molecule has 1 atom stereocenters. The van der Waals surface area contributed by atoms with Crippen molar-refractivity contribution in [2.24, 2.45) is 0 Å². The van der Waals surface area contributed by atoms with Gasteiger partial charge in [-0.25, -0.2) is 4.79 Å². The highest BCUT2D eigenvalue weighted by atomic mass is 35.5. The minimum Gasteiger partial charge on any atom is -0.450 e. The van der Waals surface area contributed by atoms with Crippen LogP contribution in [-0.4, -0.2) is 25.0 Å². The normalized spacial score (nSPS) is 21.9. The van der Waals surface area contributed by atoms with Crippen LogP contribution in [0.3, 0.4) is 0 Å². The first-order valence-electron chi connectivity index (χ1n) is 7.29. The third-order valence-electron chi connectivity index (χ3n) is 3.99. The van der Waals surface area contributed by atoms with Gasteiger partial charge in [0.25, 0.3) is 0 Å². The molecule has 1 aromatic carbocycles. The van der Waals surface area contributed by atoms with E-state index in [-0.39, 0.29) is 12.3 Å². The van der Waals surface area contributed by atoms with Crippen molar-refractivity contribution >= 4 is 23.5 Å². The molecule has 0 unspecified atom stereocenters. The van der Waals surface area contributed by atoms with Gasteiger partial charge in [-0.2, -0.15) is 0 Å². The molecule has 1 aromatic rings. The van der Waals surface area contributed by atoms with Crippen LogP contribution in [-0.2, 0) is 14.9 Å². The van der Waals surface area contributed by atoms with Gasteiger partial charge in [-0.05, 0) is 31.4 Å². The molecule has 0 radical (unpaired) electrons. The van der Waals surface area contributed by atoms with E-state index in [2.05, 4.69) is 5.32 Å². The van der Waals surface area contributed by atoms with Crippen molar-refractivity contribution < 1.29 is 14.3 Å². The van der Waals surface area contributed by atoms with Crippen LogP contribution < -0.4 is 5.32 Å². The maximum absolute atomic E-state index is 12.6. The monoisotopic (exact) mass is 309 g/mol. The lowest BCUT2D eigenvalue weighted by Gasteiger charge is -2.36. The summed E-state index contributed by atoms with van der Waals surface area (Å²) in [5.74, 6) is 0.138. The van der Waals surface area contributed by atoms with Crippen LogP contribution in [0.25, 0.3) is 0 Å². The zero-order valence-electron chi connectivity index (χ0n) is 12.2. The summed E-state index contributed by atoms with van der Waals surface area (Å²) >= 11 is 6.29. The first-order valence-corrected chi connectivity index (χ1v) is 7.67. The molecule has 1 aliphatic carbocycles. The van der Waals surface area contributed by atoms with Gasteiger partial charge in [-0.15, -0.1) is 0 Å². The third kappa shape index (κ3) is 3.38. The SMILES string of the molecule is CCOC(=O)NC[C@]1(c2ccccc2Cl)CCCCC1=O. The van der Waals surface area contributed by atoms with Crippen LogP contribution in [0, 0.1) is 0 Å². The van der Waals surface area contributed by atoms with Gasteiger partial charge in [0.05, 0.1) is 12.0 Å². The Labute approximate surface area is 129 Å². The number of nitrogens with one attached hydrogen (secondary N) is 1. The van der Waals surface area contributed by atoms with E-state index in [1.165, 1.54) is 0 Å². The fraction of sp³-hybridized carbons (Fsp3) is 0.500. The second-order valence-electron chi connectivity index (χ2n) is 5.27. The van der Waals surface area contributed by atoms with Crippen LogP contribution in [0.15, 0.2) is 24.3 Å². The summed E-state index contributed by atoms with van der Waals surface area (Å²) in [7, 11) is 0. The number of amides is 1. The Hall–Kier alpha value is -1.55. The van der Waals surface area contributed by atoms with E-state index in [0.717, 1.165) is 18.4 Å². The number of halogens is 1. The van der Waals surface area contributed by atoms with E-state index in [1.54, 1.807) is 13.0 Å². The molecular formula is C16H20ClNO3. The summed E-state index contributed by atoms with van der Waals surface area (Å²) in [6.45, 7) is 2.28. The van der Waals surface area contributed by atoms with Crippen molar-refractivity contribution in [2.75, 3.05) is 13.2 Å². The summed E-state index contributed by atoms with van der Waals surface area (Å²) in [6, 6.07) is 7.37. The van der Waals surface area contributed by atoms with E-state index in [9.17, 15) is 9.59 Å². The number of alkyl carbamates (subject to hydrolysis) is 1. The summed E-state index contributed by atoms with van der Waals surface area (Å²) in [5, 5.41) is 3.28. The van der Waals surface area contributed by atoms with E-state index >= 15 is 0 Å². The number of carbonyl (C=O) groups is 2. The highest BCUT2D eigenvalue weighted by Gasteiger charge is 2.42. The average Bonchev–Trinajstić information content (AvgIpc) is 2.48. The minimum atomic E-state index is -0.733. The predicted molar refractivity (Wildman–Crippen MR) is 81.6 cm³/mol. The Balaban J connectivity index is 2.29. The lowest BCUT2D eigenvalue weighted by atomic mass is 9.68. The van der Waals surface area contributed by atoms with Gasteiger partial charge >= 0.3 is 6.09 Å². The molecular weight excluding hydrogens is 290 g/mol. The van der Waals surface area contributed by atoms with Gasteiger partial charge < -0.3 is 10.1 Å². The molecule has 21 heavy (non-hydrogen) atoms. The molecule has 0 aromatic heterocycles. The molecule has 4 nitrogen and oxygen atoms in total. The second-order valence-corrected chi connectivity index (χ2v) is 5.67. The Bertz CT molecular complexity index is 532. The van der Waals surface area contributed by atoms with Crippen LogP contribution >= 0.6 is 11.6 Å². The Morgan fingerprint density at radius 1 is 1.38 bits per heavy atom. The van der Waals surface area contributed by atoms with Gasteiger partial charge in [-0.1, -0.05) is 36.2 Å².